The molecule has 1 aromatic heterocycles. The molecule has 9 nitrogen and oxygen atoms in total. The van der Waals surface area contributed by atoms with Crippen molar-refractivity contribution in [2.75, 3.05) is 19.5 Å². The molecule has 0 saturated carbocycles. The summed E-state index contributed by atoms with van der Waals surface area (Å²) in [6.45, 7) is 0. The monoisotopic (exact) mass is 353 g/mol. The second-order valence-corrected chi connectivity index (χ2v) is 6.09. The molecule has 0 radical (unpaired) electrons. The molecule has 2 aromatic rings. The van der Waals surface area contributed by atoms with Crippen LogP contribution in [0.3, 0.4) is 0 Å². The quantitative estimate of drug-likeness (QED) is 0.573. The minimum absolute atomic E-state index is 0.0136. The van der Waals surface area contributed by atoms with Crippen LogP contribution in [0.15, 0.2) is 36.8 Å². The molecule has 10 heteroatoms. The number of phenols is 1. The molecule has 0 aliphatic heterocycles. The lowest BCUT2D eigenvalue weighted by Crippen LogP contribution is -1.98. The van der Waals surface area contributed by atoms with Crippen LogP contribution in [-0.2, 0) is 4.57 Å². The number of methoxy groups -OCH3 is 2. The third kappa shape index (κ3) is 4.02. The fraction of sp³-hybridized carbons (Fsp3) is 0.143. The van der Waals surface area contributed by atoms with Crippen LogP contribution in [0.1, 0.15) is 5.56 Å². The molecule has 24 heavy (non-hydrogen) atoms. The summed E-state index contributed by atoms with van der Waals surface area (Å²) in [5.74, 6) is -0.0753. The summed E-state index contributed by atoms with van der Waals surface area (Å²) in [6.07, 6.45) is 4.06. The number of phenolic OH excluding ortho intramolecular Hbond substituents is 1. The number of hydrogen-bond donors (Lipinski definition) is 4. The average molecular weight is 353 g/mol. The SMILES string of the molecule is COc1cc(/C(=C\Nc2ncccn2)P(=O)(O)O)cc(OC)c1O. The molecule has 0 fully saturated rings. The lowest BCUT2D eigenvalue weighted by atomic mass is 10.1. The van der Waals surface area contributed by atoms with Crippen molar-refractivity contribution in [3.8, 4) is 17.2 Å². The van der Waals surface area contributed by atoms with Gasteiger partial charge in [-0.3, -0.25) is 4.57 Å². The number of anilines is 1. The zero-order chi connectivity index (χ0) is 17.7. The van der Waals surface area contributed by atoms with Gasteiger partial charge in [-0.15, -0.1) is 0 Å². The summed E-state index contributed by atoms with van der Waals surface area (Å²) in [5.41, 5.74) is 0.110. The van der Waals surface area contributed by atoms with E-state index in [0.29, 0.717) is 0 Å². The maximum Gasteiger partial charge on any atom is 0.358 e. The van der Waals surface area contributed by atoms with E-state index >= 15 is 0 Å². The highest BCUT2D eigenvalue weighted by Crippen LogP contribution is 2.53. The topological polar surface area (TPSA) is 134 Å². The van der Waals surface area contributed by atoms with Gasteiger partial charge in [0.05, 0.1) is 19.5 Å². The first-order valence-electron chi connectivity index (χ1n) is 6.62. The molecule has 0 bridgehead atoms. The van der Waals surface area contributed by atoms with Crippen molar-refractivity contribution in [1.29, 1.82) is 0 Å². The third-order valence-corrected chi connectivity index (χ3v) is 4.01. The van der Waals surface area contributed by atoms with Crippen molar-refractivity contribution in [2.24, 2.45) is 0 Å². The molecular formula is C14H16N3O6P. The number of nitrogens with zero attached hydrogens (tertiary/aromatic N) is 2. The maximum atomic E-state index is 11.8. The molecule has 1 heterocycles. The Morgan fingerprint density at radius 2 is 1.71 bits per heavy atom. The number of rotatable bonds is 6. The summed E-state index contributed by atoms with van der Waals surface area (Å²) in [7, 11) is -2.03. The van der Waals surface area contributed by atoms with Crippen LogP contribution in [0.5, 0.6) is 17.2 Å². The number of aromatic nitrogens is 2. The average Bonchev–Trinajstić information content (AvgIpc) is 2.55. The van der Waals surface area contributed by atoms with Gasteiger partial charge in [0.1, 0.15) is 0 Å². The van der Waals surface area contributed by atoms with E-state index in [1.165, 1.54) is 38.7 Å². The van der Waals surface area contributed by atoms with Gasteiger partial charge in [0.2, 0.25) is 11.7 Å². The van der Waals surface area contributed by atoms with E-state index in [1.807, 2.05) is 0 Å². The molecule has 0 unspecified atom stereocenters. The summed E-state index contributed by atoms with van der Waals surface area (Å²) < 4.78 is 21.8. The largest absolute Gasteiger partial charge is 0.502 e. The van der Waals surface area contributed by atoms with E-state index in [4.69, 9.17) is 9.47 Å². The molecule has 0 spiro atoms. The lowest BCUT2D eigenvalue weighted by molar-refractivity contribution is 0.339. The van der Waals surface area contributed by atoms with Crippen molar-refractivity contribution in [2.45, 2.75) is 0 Å². The fourth-order valence-corrected chi connectivity index (χ4v) is 2.58. The first-order valence-corrected chi connectivity index (χ1v) is 8.23. The van der Waals surface area contributed by atoms with Gasteiger partial charge in [-0.2, -0.15) is 0 Å². The predicted molar refractivity (Wildman–Crippen MR) is 86.9 cm³/mol. The van der Waals surface area contributed by atoms with Crippen molar-refractivity contribution < 1.29 is 28.9 Å². The van der Waals surface area contributed by atoms with E-state index < -0.39 is 7.60 Å². The molecule has 0 atom stereocenters. The van der Waals surface area contributed by atoms with E-state index in [-0.39, 0.29) is 34.1 Å². The van der Waals surface area contributed by atoms with Gasteiger partial charge in [-0.05, 0) is 23.8 Å². The lowest BCUT2D eigenvalue weighted by Gasteiger charge is -2.14. The van der Waals surface area contributed by atoms with Crippen LogP contribution in [0.25, 0.3) is 5.31 Å². The van der Waals surface area contributed by atoms with Crippen LogP contribution in [-0.4, -0.2) is 39.1 Å². The number of ether oxygens (including phenoxy) is 2. The number of aromatic hydroxyl groups is 1. The zero-order valence-corrected chi connectivity index (χ0v) is 13.8. The van der Waals surface area contributed by atoms with Gasteiger partial charge in [0.15, 0.2) is 11.5 Å². The molecule has 1 aromatic carbocycles. The van der Waals surface area contributed by atoms with Crippen molar-refractivity contribution in [1.82, 2.24) is 9.97 Å². The molecule has 4 N–H and O–H groups in total. The Morgan fingerprint density at radius 3 is 2.17 bits per heavy atom. The standard InChI is InChI=1S/C14H16N3O6P/c1-22-10-6-9(7-11(23-2)13(10)18)12(24(19,20)21)8-17-14-15-4-3-5-16-14/h3-8,18H,1-2H3,(H,15,16,17)(H2,19,20,21)/b12-8+. The number of nitrogens with one attached hydrogen (secondary N) is 1. The Hall–Kier alpha value is -2.61. The van der Waals surface area contributed by atoms with Gasteiger partial charge in [-0.1, -0.05) is 0 Å². The van der Waals surface area contributed by atoms with Gasteiger partial charge in [-0.25, -0.2) is 9.97 Å². The van der Waals surface area contributed by atoms with E-state index in [2.05, 4.69) is 15.3 Å². The Bertz CT molecular complexity index is 765. The van der Waals surface area contributed by atoms with E-state index in [9.17, 15) is 19.5 Å². The Balaban J connectivity index is 2.51. The normalized spacial score (nSPS) is 11.9. The van der Waals surface area contributed by atoms with E-state index in [0.717, 1.165) is 6.20 Å². The minimum atomic E-state index is -4.66. The summed E-state index contributed by atoms with van der Waals surface area (Å²) >= 11 is 0. The molecular weight excluding hydrogens is 337 g/mol. The third-order valence-electron chi connectivity index (χ3n) is 2.99. The van der Waals surface area contributed by atoms with E-state index in [1.54, 1.807) is 6.07 Å². The Labute approximate surface area is 137 Å². The smallest absolute Gasteiger partial charge is 0.358 e. The Morgan fingerprint density at radius 1 is 1.17 bits per heavy atom. The summed E-state index contributed by atoms with van der Waals surface area (Å²) in [5, 5.41) is 12.2. The number of benzene rings is 1. The molecule has 0 aliphatic carbocycles. The van der Waals surface area contributed by atoms with Crippen LogP contribution in [0.2, 0.25) is 0 Å². The first-order chi connectivity index (χ1) is 11.4. The molecule has 2 rings (SSSR count). The van der Waals surface area contributed by atoms with Crippen molar-refractivity contribution in [3.05, 3.63) is 42.4 Å². The van der Waals surface area contributed by atoms with Crippen LogP contribution in [0.4, 0.5) is 5.95 Å². The Kier molecular flexibility index (Phi) is 5.40. The van der Waals surface area contributed by atoms with Crippen LogP contribution < -0.4 is 14.8 Å². The van der Waals surface area contributed by atoms with Crippen molar-refractivity contribution >= 4 is 18.9 Å². The van der Waals surface area contributed by atoms with Gasteiger partial charge < -0.3 is 29.7 Å². The summed E-state index contributed by atoms with van der Waals surface area (Å²) in [4.78, 5) is 27.0. The van der Waals surface area contributed by atoms with Crippen LogP contribution in [0, 0.1) is 0 Å². The second-order valence-electron chi connectivity index (χ2n) is 4.52. The van der Waals surface area contributed by atoms with Crippen molar-refractivity contribution in [3.63, 3.8) is 0 Å². The van der Waals surface area contributed by atoms with Gasteiger partial charge >= 0.3 is 7.60 Å². The highest BCUT2D eigenvalue weighted by Gasteiger charge is 2.25. The zero-order valence-electron chi connectivity index (χ0n) is 12.9. The first kappa shape index (κ1) is 17.7. The summed E-state index contributed by atoms with van der Waals surface area (Å²) in [6, 6.07) is 4.18. The highest BCUT2D eigenvalue weighted by atomic mass is 31.2. The predicted octanol–water partition coefficient (Wildman–Crippen LogP) is 1.79. The molecule has 0 amide bonds. The molecule has 0 saturated heterocycles. The highest BCUT2D eigenvalue weighted by molar-refractivity contribution is 7.63. The van der Waals surface area contributed by atoms with Gasteiger partial charge in [0, 0.05) is 18.6 Å². The minimum Gasteiger partial charge on any atom is -0.502 e. The second kappa shape index (κ2) is 7.31. The molecule has 0 aliphatic rings. The molecule has 128 valence electrons. The number of hydrogen-bond acceptors (Lipinski definition) is 7. The maximum absolute atomic E-state index is 11.8. The van der Waals surface area contributed by atoms with Crippen LogP contribution >= 0.6 is 7.60 Å². The fourth-order valence-electron chi connectivity index (χ4n) is 1.88. The van der Waals surface area contributed by atoms with Gasteiger partial charge in [0.25, 0.3) is 0 Å².